The number of aliphatic hydroxyl groups is 1. The number of ketones is 1. The highest BCUT2D eigenvalue weighted by Crippen LogP contribution is 2.25. The van der Waals surface area contributed by atoms with Crippen LogP contribution in [-0.4, -0.2) is 23.1 Å². The van der Waals surface area contributed by atoms with E-state index in [2.05, 4.69) is 6.92 Å². The van der Waals surface area contributed by atoms with Crippen LogP contribution in [0.5, 0.6) is 0 Å². The highest BCUT2D eigenvalue weighted by molar-refractivity contribution is 6.04. The maximum absolute atomic E-state index is 12.4. The Hall–Kier alpha value is -1.87. The molecule has 0 saturated carbocycles. The third-order valence-corrected chi connectivity index (χ3v) is 4.33. The first kappa shape index (κ1) is 18.5. The van der Waals surface area contributed by atoms with Crippen molar-refractivity contribution in [2.45, 2.75) is 57.5 Å². The Bertz CT molecular complexity index is 574. The predicted octanol–water partition coefficient (Wildman–Crippen LogP) is 4.82. The molecule has 0 bridgehead atoms. The zero-order valence-electron chi connectivity index (χ0n) is 14.5. The zero-order valence-corrected chi connectivity index (χ0v) is 14.5. The van der Waals surface area contributed by atoms with Crippen LogP contribution in [0.1, 0.15) is 62.2 Å². The van der Waals surface area contributed by atoms with Crippen molar-refractivity contribution in [3.63, 3.8) is 0 Å². The van der Waals surface area contributed by atoms with E-state index in [1.54, 1.807) is 42.5 Å². The van der Waals surface area contributed by atoms with Gasteiger partial charge in [0, 0.05) is 12.0 Å². The van der Waals surface area contributed by atoms with Crippen LogP contribution >= 0.6 is 0 Å². The van der Waals surface area contributed by atoms with Gasteiger partial charge in [0.15, 0.2) is 5.78 Å². The summed E-state index contributed by atoms with van der Waals surface area (Å²) in [5.74, 6) is 0.472. The summed E-state index contributed by atoms with van der Waals surface area (Å²) >= 11 is 0. The number of hydrogen-bond donors (Lipinski definition) is 1. The van der Waals surface area contributed by atoms with Crippen molar-refractivity contribution in [3.8, 4) is 0 Å². The van der Waals surface area contributed by atoms with Crippen LogP contribution < -0.4 is 0 Å². The second kappa shape index (κ2) is 9.43. The van der Waals surface area contributed by atoms with E-state index in [1.165, 1.54) is 32.1 Å². The fraction of sp³-hybridized carbons (Fsp3) is 0.476. The molecule has 0 heterocycles. The lowest BCUT2D eigenvalue weighted by Gasteiger charge is -2.25. The SMILES string of the molecule is CCCCCCCCOC1=CCC(O)(C(=O)c2ccccc2)C=C1. The Kier molecular flexibility index (Phi) is 7.26. The van der Waals surface area contributed by atoms with Crippen molar-refractivity contribution >= 4 is 5.78 Å². The molecule has 3 heteroatoms. The summed E-state index contributed by atoms with van der Waals surface area (Å²) in [6.45, 7) is 2.90. The molecule has 1 atom stereocenters. The summed E-state index contributed by atoms with van der Waals surface area (Å²) in [5, 5.41) is 10.6. The number of benzene rings is 1. The number of Topliss-reactive ketones (excluding diaryl/α,β-unsaturated/α-hetero) is 1. The van der Waals surface area contributed by atoms with Crippen molar-refractivity contribution in [1.82, 2.24) is 0 Å². The summed E-state index contributed by atoms with van der Waals surface area (Å²) in [4.78, 5) is 12.4. The van der Waals surface area contributed by atoms with Crippen LogP contribution in [0, 0.1) is 0 Å². The van der Waals surface area contributed by atoms with Gasteiger partial charge in [0.05, 0.1) is 6.61 Å². The van der Waals surface area contributed by atoms with Crippen molar-refractivity contribution in [1.29, 1.82) is 0 Å². The average molecular weight is 328 g/mol. The summed E-state index contributed by atoms with van der Waals surface area (Å²) in [6, 6.07) is 8.90. The average Bonchev–Trinajstić information content (AvgIpc) is 2.62. The minimum Gasteiger partial charge on any atom is -0.494 e. The lowest BCUT2D eigenvalue weighted by atomic mass is 9.87. The Balaban J connectivity index is 1.75. The van der Waals surface area contributed by atoms with Gasteiger partial charge < -0.3 is 9.84 Å². The van der Waals surface area contributed by atoms with Gasteiger partial charge in [0.25, 0.3) is 0 Å². The molecule has 130 valence electrons. The van der Waals surface area contributed by atoms with Gasteiger partial charge in [-0.3, -0.25) is 4.79 Å². The summed E-state index contributed by atoms with van der Waals surface area (Å²) in [5.41, 5.74) is -0.941. The molecule has 0 saturated heterocycles. The van der Waals surface area contributed by atoms with Gasteiger partial charge in [-0.25, -0.2) is 0 Å². The molecular formula is C21H28O3. The van der Waals surface area contributed by atoms with Crippen molar-refractivity contribution in [3.05, 3.63) is 59.9 Å². The van der Waals surface area contributed by atoms with Crippen LogP contribution in [0.2, 0.25) is 0 Å². The third-order valence-electron chi connectivity index (χ3n) is 4.33. The molecule has 0 aromatic heterocycles. The van der Waals surface area contributed by atoms with E-state index in [0.717, 1.165) is 12.2 Å². The number of carbonyl (C=O) groups excluding carboxylic acids is 1. The largest absolute Gasteiger partial charge is 0.494 e. The molecule has 1 aliphatic carbocycles. The first-order chi connectivity index (χ1) is 11.7. The maximum atomic E-state index is 12.4. The molecule has 1 N–H and O–H groups in total. The molecule has 3 nitrogen and oxygen atoms in total. The molecule has 2 rings (SSSR count). The first-order valence-electron chi connectivity index (χ1n) is 9.00. The maximum Gasteiger partial charge on any atom is 0.198 e. The highest BCUT2D eigenvalue weighted by atomic mass is 16.5. The Morgan fingerprint density at radius 2 is 1.83 bits per heavy atom. The predicted molar refractivity (Wildman–Crippen MR) is 96.9 cm³/mol. The molecule has 1 unspecified atom stereocenters. The standard InChI is InChI=1S/C21H28O3/c1-2-3-4-5-6-10-17-24-19-13-15-21(23,16-14-19)20(22)18-11-8-7-9-12-18/h7-9,11-15,23H,2-6,10,16-17H2,1H3. The monoisotopic (exact) mass is 328 g/mol. The number of allylic oxidation sites excluding steroid dienone is 1. The van der Waals surface area contributed by atoms with Gasteiger partial charge in [-0.05, 0) is 24.6 Å². The topological polar surface area (TPSA) is 46.5 Å². The molecule has 0 aliphatic heterocycles. The van der Waals surface area contributed by atoms with Crippen LogP contribution in [-0.2, 0) is 4.74 Å². The Morgan fingerprint density at radius 3 is 2.50 bits per heavy atom. The Morgan fingerprint density at radius 1 is 1.12 bits per heavy atom. The molecular weight excluding hydrogens is 300 g/mol. The van der Waals surface area contributed by atoms with Crippen LogP contribution in [0.25, 0.3) is 0 Å². The molecule has 0 fully saturated rings. The second-order valence-corrected chi connectivity index (χ2v) is 6.38. The minimum atomic E-state index is -1.46. The van der Waals surface area contributed by atoms with Crippen LogP contribution in [0.3, 0.4) is 0 Å². The summed E-state index contributed by atoms with van der Waals surface area (Å²) in [7, 11) is 0. The minimum absolute atomic E-state index is 0.253. The fourth-order valence-electron chi connectivity index (χ4n) is 2.80. The van der Waals surface area contributed by atoms with Crippen molar-refractivity contribution in [2.24, 2.45) is 0 Å². The van der Waals surface area contributed by atoms with Gasteiger partial charge in [-0.1, -0.05) is 69.4 Å². The lowest BCUT2D eigenvalue weighted by Crippen LogP contribution is -2.37. The van der Waals surface area contributed by atoms with E-state index >= 15 is 0 Å². The first-order valence-corrected chi connectivity index (χ1v) is 9.00. The molecule has 0 radical (unpaired) electrons. The molecule has 0 amide bonds. The Labute approximate surface area is 145 Å². The van der Waals surface area contributed by atoms with E-state index in [9.17, 15) is 9.90 Å². The van der Waals surface area contributed by atoms with E-state index in [-0.39, 0.29) is 12.2 Å². The quantitative estimate of drug-likeness (QED) is 0.495. The summed E-state index contributed by atoms with van der Waals surface area (Å²) in [6.07, 6.45) is 12.7. The van der Waals surface area contributed by atoms with Gasteiger partial charge in [-0.15, -0.1) is 0 Å². The van der Waals surface area contributed by atoms with Gasteiger partial charge >= 0.3 is 0 Å². The lowest BCUT2D eigenvalue weighted by molar-refractivity contribution is 0.0523. The number of ether oxygens (including phenoxy) is 1. The van der Waals surface area contributed by atoms with Gasteiger partial charge in [0.2, 0.25) is 0 Å². The van der Waals surface area contributed by atoms with Crippen molar-refractivity contribution < 1.29 is 14.6 Å². The van der Waals surface area contributed by atoms with Crippen LogP contribution in [0.4, 0.5) is 0 Å². The number of unbranched alkanes of at least 4 members (excludes halogenated alkanes) is 5. The molecule has 1 aromatic carbocycles. The summed E-state index contributed by atoms with van der Waals surface area (Å²) < 4.78 is 5.72. The third kappa shape index (κ3) is 5.34. The van der Waals surface area contributed by atoms with E-state index in [4.69, 9.17) is 4.74 Å². The molecule has 24 heavy (non-hydrogen) atoms. The van der Waals surface area contributed by atoms with Gasteiger partial charge in [0.1, 0.15) is 11.4 Å². The highest BCUT2D eigenvalue weighted by Gasteiger charge is 2.34. The zero-order chi connectivity index (χ0) is 17.3. The normalized spacial score (nSPS) is 19.8. The van der Waals surface area contributed by atoms with Crippen molar-refractivity contribution in [2.75, 3.05) is 6.61 Å². The molecule has 0 spiro atoms. The van der Waals surface area contributed by atoms with Gasteiger partial charge in [-0.2, -0.15) is 0 Å². The number of rotatable bonds is 10. The number of hydrogen-bond acceptors (Lipinski definition) is 3. The second-order valence-electron chi connectivity index (χ2n) is 6.38. The smallest absolute Gasteiger partial charge is 0.198 e. The number of carbonyl (C=O) groups is 1. The van der Waals surface area contributed by atoms with E-state index in [0.29, 0.717) is 12.2 Å². The van der Waals surface area contributed by atoms with E-state index < -0.39 is 5.60 Å². The van der Waals surface area contributed by atoms with E-state index in [1.807, 2.05) is 6.07 Å². The fourth-order valence-corrected chi connectivity index (χ4v) is 2.80. The van der Waals surface area contributed by atoms with Crippen LogP contribution in [0.15, 0.2) is 54.3 Å². The molecule has 1 aromatic rings. The molecule has 1 aliphatic rings.